The van der Waals surface area contributed by atoms with E-state index in [9.17, 15) is 18.0 Å². The first-order valence-corrected chi connectivity index (χ1v) is 9.06. The van der Waals surface area contributed by atoms with Crippen LogP contribution in [-0.2, 0) is 17.5 Å². The molecule has 0 aromatic heterocycles. The van der Waals surface area contributed by atoms with E-state index in [1.165, 1.54) is 12.1 Å². The van der Waals surface area contributed by atoms with Gasteiger partial charge >= 0.3 is 6.18 Å². The highest BCUT2D eigenvalue weighted by Gasteiger charge is 2.57. The van der Waals surface area contributed by atoms with Gasteiger partial charge in [0.25, 0.3) is 0 Å². The second-order valence-electron chi connectivity index (χ2n) is 7.57. The molecule has 7 heteroatoms. The quantitative estimate of drug-likeness (QED) is 0.834. The zero-order chi connectivity index (χ0) is 18.9. The first-order chi connectivity index (χ1) is 12.2. The van der Waals surface area contributed by atoms with Gasteiger partial charge in [-0.05, 0) is 69.3 Å². The fraction of sp³-hybridized carbons (Fsp3) is 0.632. The van der Waals surface area contributed by atoms with Gasteiger partial charge in [0.15, 0.2) is 0 Å². The molecule has 1 aromatic carbocycles. The lowest BCUT2D eigenvalue weighted by Gasteiger charge is -2.23. The molecule has 1 unspecified atom stereocenters. The molecule has 1 amide bonds. The Morgan fingerprint density at radius 2 is 2.04 bits per heavy atom. The molecular formula is C19H25F3N2O2. The largest absolute Gasteiger partial charge is 0.491 e. The molecule has 4 nitrogen and oxygen atoms in total. The highest BCUT2D eigenvalue weighted by Crippen LogP contribution is 2.58. The van der Waals surface area contributed by atoms with Crippen molar-refractivity contribution in [1.29, 1.82) is 0 Å². The predicted octanol–water partition coefficient (Wildman–Crippen LogP) is 3.50. The zero-order valence-corrected chi connectivity index (χ0v) is 15.1. The van der Waals surface area contributed by atoms with Crippen LogP contribution in [0.4, 0.5) is 13.2 Å². The Bertz CT molecular complexity index is 667. The van der Waals surface area contributed by atoms with Gasteiger partial charge in [0.2, 0.25) is 5.91 Å². The number of nitrogens with one attached hydrogen (secondary N) is 2. The maximum Gasteiger partial charge on any atom is 0.416 e. The van der Waals surface area contributed by atoms with Crippen LogP contribution in [0.5, 0.6) is 5.75 Å². The number of hydrogen-bond donors (Lipinski definition) is 2. The van der Waals surface area contributed by atoms with E-state index in [1.54, 1.807) is 13.8 Å². The van der Waals surface area contributed by atoms with E-state index in [1.807, 2.05) is 0 Å². The van der Waals surface area contributed by atoms with Crippen LogP contribution in [0.15, 0.2) is 18.2 Å². The lowest BCUT2D eigenvalue weighted by Crippen LogP contribution is -2.33. The lowest BCUT2D eigenvalue weighted by atomic mass is 9.92. The van der Waals surface area contributed by atoms with Crippen molar-refractivity contribution in [3.05, 3.63) is 29.3 Å². The van der Waals surface area contributed by atoms with Gasteiger partial charge < -0.3 is 15.4 Å². The van der Waals surface area contributed by atoms with E-state index in [0.717, 1.165) is 38.4 Å². The molecule has 3 rings (SSSR count). The van der Waals surface area contributed by atoms with Gasteiger partial charge in [-0.15, -0.1) is 0 Å². The summed E-state index contributed by atoms with van der Waals surface area (Å²) in [6.45, 7) is 5.19. The van der Waals surface area contributed by atoms with E-state index in [2.05, 4.69) is 10.6 Å². The third-order valence-corrected chi connectivity index (χ3v) is 5.32. The van der Waals surface area contributed by atoms with Crippen LogP contribution in [0.25, 0.3) is 0 Å². The smallest absolute Gasteiger partial charge is 0.416 e. The molecule has 1 saturated heterocycles. The Morgan fingerprint density at radius 1 is 1.35 bits per heavy atom. The molecule has 2 aliphatic rings. The van der Waals surface area contributed by atoms with Crippen molar-refractivity contribution in [2.75, 3.05) is 13.1 Å². The maximum atomic E-state index is 13.4. The molecular weight excluding hydrogens is 345 g/mol. The molecule has 1 aliphatic carbocycles. The van der Waals surface area contributed by atoms with Crippen LogP contribution in [0.2, 0.25) is 0 Å². The molecule has 1 aromatic rings. The lowest BCUT2D eigenvalue weighted by molar-refractivity contribution is -0.138. The number of piperidine rings is 1. The van der Waals surface area contributed by atoms with Crippen molar-refractivity contribution >= 4 is 5.91 Å². The molecule has 1 saturated carbocycles. The predicted molar refractivity (Wildman–Crippen MR) is 91.7 cm³/mol. The van der Waals surface area contributed by atoms with Gasteiger partial charge in [-0.1, -0.05) is 6.07 Å². The number of amides is 1. The number of halogens is 3. The number of carbonyl (C=O) groups is 1. The summed E-state index contributed by atoms with van der Waals surface area (Å²) in [4.78, 5) is 12.4. The summed E-state index contributed by atoms with van der Waals surface area (Å²) in [5, 5.41) is 5.98. The van der Waals surface area contributed by atoms with Crippen LogP contribution in [0.1, 0.15) is 44.2 Å². The van der Waals surface area contributed by atoms with Crippen LogP contribution in [0.3, 0.4) is 0 Å². The van der Waals surface area contributed by atoms with Gasteiger partial charge in [-0.25, -0.2) is 0 Å². The van der Waals surface area contributed by atoms with Crippen molar-refractivity contribution in [2.24, 2.45) is 11.3 Å². The number of carbonyl (C=O) groups excluding carboxylic acids is 1. The van der Waals surface area contributed by atoms with Gasteiger partial charge in [0.1, 0.15) is 5.75 Å². The molecule has 1 heterocycles. The second-order valence-corrected chi connectivity index (χ2v) is 7.57. The van der Waals surface area contributed by atoms with Crippen LogP contribution < -0.4 is 15.4 Å². The minimum atomic E-state index is -4.49. The van der Waals surface area contributed by atoms with Crippen LogP contribution >= 0.6 is 0 Å². The number of hydrogen-bond acceptors (Lipinski definition) is 3. The molecule has 2 fully saturated rings. The molecule has 144 valence electrons. The first kappa shape index (κ1) is 19.0. The highest BCUT2D eigenvalue weighted by atomic mass is 19.4. The number of ether oxygens (including phenoxy) is 1. The van der Waals surface area contributed by atoms with Gasteiger partial charge in [-0.2, -0.15) is 13.2 Å². The fourth-order valence-corrected chi connectivity index (χ4v) is 3.82. The Morgan fingerprint density at radius 3 is 2.65 bits per heavy atom. The first-order valence-electron chi connectivity index (χ1n) is 9.06. The number of rotatable bonds is 5. The Labute approximate surface area is 151 Å². The normalized spacial score (nSPS) is 21.7. The zero-order valence-electron chi connectivity index (χ0n) is 15.1. The SMILES string of the molecule is CC(C)Oc1ccc(CNC(=O)C2CC23CCNCC3)c(C(F)(F)F)c1. The summed E-state index contributed by atoms with van der Waals surface area (Å²) >= 11 is 0. The minimum absolute atomic E-state index is 0.0574. The number of benzene rings is 1. The van der Waals surface area contributed by atoms with Crippen molar-refractivity contribution in [1.82, 2.24) is 10.6 Å². The molecule has 0 bridgehead atoms. The van der Waals surface area contributed by atoms with E-state index in [0.29, 0.717) is 0 Å². The van der Waals surface area contributed by atoms with Crippen molar-refractivity contribution in [2.45, 2.75) is 51.9 Å². The summed E-state index contributed by atoms with van der Waals surface area (Å²) in [6.07, 6.45) is -1.95. The standard InChI is InChI=1S/C19H25F3N2O2/c1-12(2)26-14-4-3-13(15(9-14)19(20,21)22)11-24-17(25)16-10-18(16)5-7-23-8-6-18/h3-4,9,12,16,23H,5-8,10-11H2,1-2H3,(H,24,25). The summed E-state index contributed by atoms with van der Waals surface area (Å²) in [7, 11) is 0. The van der Waals surface area contributed by atoms with Crippen LogP contribution in [-0.4, -0.2) is 25.1 Å². The Kier molecular flexibility index (Phi) is 5.19. The van der Waals surface area contributed by atoms with Crippen molar-refractivity contribution in [3.8, 4) is 5.75 Å². The van der Waals surface area contributed by atoms with Gasteiger partial charge in [-0.3, -0.25) is 4.79 Å². The van der Waals surface area contributed by atoms with Gasteiger partial charge in [0.05, 0.1) is 11.7 Å². The maximum absolute atomic E-state index is 13.4. The average molecular weight is 370 g/mol. The van der Waals surface area contributed by atoms with Crippen LogP contribution in [0, 0.1) is 11.3 Å². The second kappa shape index (κ2) is 7.10. The third kappa shape index (κ3) is 4.14. The van der Waals surface area contributed by atoms with Gasteiger partial charge in [0, 0.05) is 12.5 Å². The highest BCUT2D eigenvalue weighted by molar-refractivity contribution is 5.82. The van der Waals surface area contributed by atoms with E-state index >= 15 is 0 Å². The molecule has 1 spiro atoms. The number of alkyl halides is 3. The monoisotopic (exact) mass is 370 g/mol. The Hall–Kier alpha value is -1.76. The molecule has 1 aliphatic heterocycles. The van der Waals surface area contributed by atoms with E-state index in [-0.39, 0.29) is 41.2 Å². The van der Waals surface area contributed by atoms with E-state index < -0.39 is 11.7 Å². The Balaban J connectivity index is 1.66. The van der Waals surface area contributed by atoms with E-state index in [4.69, 9.17) is 4.74 Å². The molecule has 2 N–H and O–H groups in total. The summed E-state index contributed by atoms with van der Waals surface area (Å²) < 4.78 is 45.5. The van der Waals surface area contributed by atoms with Crippen molar-refractivity contribution in [3.63, 3.8) is 0 Å². The van der Waals surface area contributed by atoms with Crippen molar-refractivity contribution < 1.29 is 22.7 Å². The third-order valence-electron chi connectivity index (χ3n) is 5.32. The average Bonchev–Trinajstić information content (AvgIpc) is 3.25. The molecule has 0 radical (unpaired) electrons. The molecule has 26 heavy (non-hydrogen) atoms. The minimum Gasteiger partial charge on any atom is -0.491 e. The summed E-state index contributed by atoms with van der Waals surface area (Å²) in [5.74, 6) is -0.0248. The topological polar surface area (TPSA) is 50.4 Å². The summed E-state index contributed by atoms with van der Waals surface area (Å²) in [6, 6.07) is 3.91. The summed E-state index contributed by atoms with van der Waals surface area (Å²) in [5.41, 5.74) is -0.637. The fourth-order valence-electron chi connectivity index (χ4n) is 3.82. The molecule has 1 atom stereocenters.